The van der Waals surface area contributed by atoms with Crippen LogP contribution in [0.2, 0.25) is 0 Å². The Hall–Kier alpha value is -0.810. The number of carboxylic acid groups (broad SMARTS) is 1. The highest BCUT2D eigenvalue weighted by Gasteiger charge is 2.20. The van der Waals surface area contributed by atoms with Gasteiger partial charge in [0.05, 0.1) is 19.3 Å². The van der Waals surface area contributed by atoms with Crippen molar-refractivity contribution in [2.75, 3.05) is 13.2 Å². The quantitative estimate of drug-likeness (QED) is 0.477. The first kappa shape index (κ1) is 8.29. The van der Waals surface area contributed by atoms with Crippen molar-refractivity contribution in [1.29, 1.82) is 0 Å². The van der Waals surface area contributed by atoms with Gasteiger partial charge in [-0.25, -0.2) is 4.79 Å². The lowest BCUT2D eigenvalue weighted by atomic mass is 10.1. The van der Waals surface area contributed by atoms with Gasteiger partial charge >= 0.3 is 6.09 Å². The number of carbonyl (C=O) groups is 1. The third kappa shape index (κ3) is 2.73. The summed E-state index contributed by atoms with van der Waals surface area (Å²) in [5.41, 5.74) is 5.54. The summed E-state index contributed by atoms with van der Waals surface area (Å²) in [5.74, 6) is 0. The minimum atomic E-state index is -1.02. The lowest BCUT2D eigenvalue weighted by Crippen LogP contribution is -2.47. The molecule has 64 valence electrons. The monoisotopic (exact) mass is 160 g/mol. The zero-order valence-electron chi connectivity index (χ0n) is 6.12. The normalized spacial score (nSPS) is 31.4. The van der Waals surface area contributed by atoms with Crippen LogP contribution in [0.1, 0.15) is 6.42 Å². The van der Waals surface area contributed by atoms with Gasteiger partial charge in [0.2, 0.25) is 0 Å². The molecule has 0 aromatic rings. The highest BCUT2D eigenvalue weighted by atomic mass is 16.5. The van der Waals surface area contributed by atoms with E-state index in [4.69, 9.17) is 15.6 Å². The molecule has 0 radical (unpaired) electrons. The minimum absolute atomic E-state index is 0.0411. The van der Waals surface area contributed by atoms with Gasteiger partial charge in [-0.15, -0.1) is 0 Å². The number of hydrogen-bond acceptors (Lipinski definition) is 3. The Morgan fingerprint density at radius 2 is 2.36 bits per heavy atom. The van der Waals surface area contributed by atoms with E-state index in [9.17, 15) is 4.79 Å². The molecule has 5 heteroatoms. The summed E-state index contributed by atoms with van der Waals surface area (Å²) in [6.45, 7) is 0.956. The molecule has 1 heterocycles. The summed E-state index contributed by atoms with van der Waals surface area (Å²) in [5, 5.41) is 10.7. The Morgan fingerprint density at radius 1 is 1.64 bits per heavy atom. The molecule has 0 aromatic heterocycles. The Balaban J connectivity index is 2.28. The van der Waals surface area contributed by atoms with Gasteiger partial charge in [-0.2, -0.15) is 0 Å². The van der Waals surface area contributed by atoms with Crippen molar-refractivity contribution in [2.45, 2.75) is 18.5 Å². The van der Waals surface area contributed by atoms with Crippen LogP contribution in [0.15, 0.2) is 0 Å². The molecule has 0 saturated carbocycles. The van der Waals surface area contributed by atoms with Crippen molar-refractivity contribution in [3.63, 3.8) is 0 Å². The molecule has 11 heavy (non-hydrogen) atoms. The smallest absolute Gasteiger partial charge is 0.404 e. The van der Waals surface area contributed by atoms with E-state index >= 15 is 0 Å². The van der Waals surface area contributed by atoms with Gasteiger partial charge in [0.15, 0.2) is 0 Å². The van der Waals surface area contributed by atoms with E-state index in [0.717, 1.165) is 0 Å². The van der Waals surface area contributed by atoms with Crippen molar-refractivity contribution >= 4 is 6.09 Å². The fourth-order valence-electron chi connectivity index (χ4n) is 1.14. The van der Waals surface area contributed by atoms with Crippen molar-refractivity contribution in [3.8, 4) is 0 Å². The van der Waals surface area contributed by atoms with Crippen LogP contribution in [0.3, 0.4) is 0 Å². The van der Waals surface area contributed by atoms with Crippen LogP contribution in [0, 0.1) is 0 Å². The van der Waals surface area contributed by atoms with Gasteiger partial charge in [0.25, 0.3) is 0 Å². The average molecular weight is 160 g/mol. The maximum Gasteiger partial charge on any atom is 0.404 e. The van der Waals surface area contributed by atoms with Crippen molar-refractivity contribution in [2.24, 2.45) is 5.73 Å². The second-order valence-corrected chi connectivity index (χ2v) is 2.68. The van der Waals surface area contributed by atoms with Crippen LogP contribution in [-0.2, 0) is 4.74 Å². The Labute approximate surface area is 64.5 Å². The fraction of sp³-hybridized carbons (Fsp3) is 0.833. The van der Waals surface area contributed by atoms with E-state index in [-0.39, 0.29) is 12.1 Å². The summed E-state index contributed by atoms with van der Waals surface area (Å²) in [6.07, 6.45) is -0.362. The van der Waals surface area contributed by atoms with Gasteiger partial charge in [-0.3, -0.25) is 0 Å². The summed E-state index contributed by atoms with van der Waals surface area (Å²) >= 11 is 0. The van der Waals surface area contributed by atoms with E-state index < -0.39 is 6.09 Å². The maximum atomic E-state index is 10.2. The van der Waals surface area contributed by atoms with Gasteiger partial charge in [0, 0.05) is 6.04 Å². The molecule has 0 aliphatic carbocycles. The molecule has 5 nitrogen and oxygen atoms in total. The number of rotatable bonds is 1. The molecule has 2 atom stereocenters. The first-order valence-corrected chi connectivity index (χ1v) is 3.51. The van der Waals surface area contributed by atoms with Gasteiger partial charge < -0.3 is 20.9 Å². The number of nitrogens with one attached hydrogen (secondary N) is 1. The molecular formula is C6H12N2O3. The number of amides is 1. The molecule has 4 N–H and O–H groups in total. The predicted molar refractivity (Wildman–Crippen MR) is 38.4 cm³/mol. The van der Waals surface area contributed by atoms with Crippen molar-refractivity contribution in [3.05, 3.63) is 0 Å². The van der Waals surface area contributed by atoms with Crippen molar-refractivity contribution < 1.29 is 14.6 Å². The summed E-state index contributed by atoms with van der Waals surface area (Å²) in [7, 11) is 0. The number of nitrogens with two attached hydrogens (primary N) is 1. The van der Waals surface area contributed by atoms with Crippen LogP contribution >= 0.6 is 0 Å². The molecule has 1 rings (SSSR count). The number of ether oxygens (including phenoxy) is 1. The second kappa shape index (κ2) is 3.54. The molecule has 0 bridgehead atoms. The molecule has 0 aromatic carbocycles. The Bertz CT molecular complexity index is 151. The first-order valence-electron chi connectivity index (χ1n) is 3.51. The van der Waals surface area contributed by atoms with Gasteiger partial charge in [-0.1, -0.05) is 0 Å². The largest absolute Gasteiger partial charge is 0.465 e. The molecule has 2 unspecified atom stereocenters. The summed E-state index contributed by atoms with van der Waals surface area (Å²) in [4.78, 5) is 10.2. The van der Waals surface area contributed by atoms with Gasteiger partial charge in [0.1, 0.15) is 0 Å². The lowest BCUT2D eigenvalue weighted by Gasteiger charge is -2.26. The third-order valence-electron chi connectivity index (χ3n) is 1.57. The van der Waals surface area contributed by atoms with Crippen molar-refractivity contribution in [1.82, 2.24) is 5.32 Å². The summed E-state index contributed by atoms with van der Waals surface area (Å²) < 4.78 is 5.04. The molecule has 1 fully saturated rings. The molecule has 1 amide bonds. The van der Waals surface area contributed by atoms with Crippen LogP contribution in [0.4, 0.5) is 4.79 Å². The topological polar surface area (TPSA) is 84.6 Å². The Kier molecular flexibility index (Phi) is 2.67. The molecule has 1 aliphatic heterocycles. The minimum Gasteiger partial charge on any atom is -0.465 e. The van der Waals surface area contributed by atoms with E-state index in [1.54, 1.807) is 0 Å². The maximum absolute atomic E-state index is 10.2. The molecule has 1 saturated heterocycles. The zero-order chi connectivity index (χ0) is 8.27. The number of hydrogen-bond donors (Lipinski definition) is 3. The van der Waals surface area contributed by atoms with E-state index in [1.807, 2.05) is 0 Å². The van der Waals surface area contributed by atoms with E-state index in [1.165, 1.54) is 0 Å². The Morgan fingerprint density at radius 3 is 2.91 bits per heavy atom. The van der Waals surface area contributed by atoms with E-state index in [2.05, 4.69) is 5.32 Å². The summed E-state index contributed by atoms with van der Waals surface area (Å²) in [6, 6.07) is -0.183. The van der Waals surface area contributed by atoms with Crippen LogP contribution < -0.4 is 11.1 Å². The second-order valence-electron chi connectivity index (χ2n) is 2.68. The SMILES string of the molecule is NC1COCC(NC(=O)O)C1. The van der Waals surface area contributed by atoms with Gasteiger partial charge in [-0.05, 0) is 6.42 Å². The highest BCUT2D eigenvalue weighted by molar-refractivity contribution is 5.64. The average Bonchev–Trinajstić information content (AvgIpc) is 1.85. The molecular weight excluding hydrogens is 148 g/mol. The fourth-order valence-corrected chi connectivity index (χ4v) is 1.14. The molecule has 1 aliphatic rings. The highest BCUT2D eigenvalue weighted by Crippen LogP contribution is 2.04. The van der Waals surface area contributed by atoms with Crippen LogP contribution in [0.25, 0.3) is 0 Å². The lowest BCUT2D eigenvalue weighted by molar-refractivity contribution is 0.0565. The first-order chi connectivity index (χ1) is 5.18. The molecule has 0 spiro atoms. The van der Waals surface area contributed by atoms with Crippen LogP contribution in [0.5, 0.6) is 0 Å². The van der Waals surface area contributed by atoms with Crippen LogP contribution in [-0.4, -0.2) is 36.5 Å². The third-order valence-corrected chi connectivity index (χ3v) is 1.57. The standard InChI is InChI=1S/C6H12N2O3/c7-4-1-5(3-11-2-4)8-6(9)10/h4-5,8H,1-3,7H2,(H,9,10). The van der Waals surface area contributed by atoms with E-state index in [0.29, 0.717) is 19.6 Å². The predicted octanol–water partition coefficient (Wildman–Crippen LogP) is -0.630. The zero-order valence-corrected chi connectivity index (χ0v) is 6.12.